The van der Waals surface area contributed by atoms with E-state index in [0.29, 0.717) is 0 Å². The van der Waals surface area contributed by atoms with E-state index in [4.69, 9.17) is 5.11 Å². The lowest BCUT2D eigenvalue weighted by Gasteiger charge is -2.27. The summed E-state index contributed by atoms with van der Waals surface area (Å²) in [6, 6.07) is 6.48. The number of benzene rings is 1. The first-order valence-electron chi connectivity index (χ1n) is 5.97. The molecule has 1 aromatic carbocycles. The quantitative estimate of drug-likeness (QED) is 0.893. The standard InChI is InChI=1S/C14H18BrNO3/c1-14(2,3)12(13(18)19)16-11(17)8-9-5-4-6-10(15)7-9/h4-7,12H,8H2,1-3H3,(H,16,17)(H,18,19)/t12-/m0/s1. The van der Waals surface area contributed by atoms with Crippen LogP contribution >= 0.6 is 15.9 Å². The van der Waals surface area contributed by atoms with E-state index in [1.165, 1.54) is 0 Å². The Hall–Kier alpha value is -1.36. The van der Waals surface area contributed by atoms with Gasteiger partial charge in [0.15, 0.2) is 0 Å². The Kier molecular flexibility index (Phi) is 5.11. The molecular formula is C14H18BrNO3. The van der Waals surface area contributed by atoms with E-state index < -0.39 is 17.4 Å². The third-order valence-corrected chi connectivity index (χ3v) is 3.17. The molecule has 0 saturated heterocycles. The van der Waals surface area contributed by atoms with Crippen molar-refractivity contribution in [1.82, 2.24) is 5.32 Å². The summed E-state index contributed by atoms with van der Waals surface area (Å²) >= 11 is 3.33. The van der Waals surface area contributed by atoms with Gasteiger partial charge in [-0.15, -0.1) is 0 Å². The molecule has 1 atom stereocenters. The van der Waals surface area contributed by atoms with Crippen molar-refractivity contribution < 1.29 is 14.7 Å². The molecule has 19 heavy (non-hydrogen) atoms. The highest BCUT2D eigenvalue weighted by atomic mass is 79.9. The smallest absolute Gasteiger partial charge is 0.326 e. The predicted octanol–water partition coefficient (Wildman–Crippen LogP) is 2.61. The molecule has 5 heteroatoms. The van der Waals surface area contributed by atoms with Gasteiger partial charge in [-0.25, -0.2) is 4.79 Å². The van der Waals surface area contributed by atoms with Gasteiger partial charge in [0.2, 0.25) is 5.91 Å². The van der Waals surface area contributed by atoms with Crippen molar-refractivity contribution in [2.24, 2.45) is 5.41 Å². The Morgan fingerprint density at radius 2 is 2.00 bits per heavy atom. The number of carboxylic acids is 1. The van der Waals surface area contributed by atoms with Gasteiger partial charge < -0.3 is 10.4 Å². The summed E-state index contributed by atoms with van der Waals surface area (Å²) in [7, 11) is 0. The Labute approximate surface area is 121 Å². The van der Waals surface area contributed by atoms with Gasteiger partial charge in [-0.2, -0.15) is 0 Å². The van der Waals surface area contributed by atoms with Crippen molar-refractivity contribution in [2.45, 2.75) is 33.2 Å². The van der Waals surface area contributed by atoms with Crippen LogP contribution in [0.25, 0.3) is 0 Å². The second-order valence-corrected chi connectivity index (χ2v) is 6.43. The molecule has 0 saturated carbocycles. The fourth-order valence-electron chi connectivity index (χ4n) is 1.69. The summed E-state index contributed by atoms with van der Waals surface area (Å²) in [6.07, 6.45) is 0.166. The molecule has 2 N–H and O–H groups in total. The molecule has 4 nitrogen and oxygen atoms in total. The summed E-state index contributed by atoms with van der Waals surface area (Å²) in [5.74, 6) is -1.31. The van der Waals surface area contributed by atoms with E-state index in [1.807, 2.05) is 24.3 Å². The van der Waals surface area contributed by atoms with Gasteiger partial charge in [0.05, 0.1) is 6.42 Å². The van der Waals surface area contributed by atoms with E-state index in [0.717, 1.165) is 10.0 Å². The molecule has 1 amide bonds. The van der Waals surface area contributed by atoms with Crippen LogP contribution in [0.4, 0.5) is 0 Å². The van der Waals surface area contributed by atoms with Crippen LogP contribution in [0.3, 0.4) is 0 Å². The second kappa shape index (κ2) is 6.19. The van der Waals surface area contributed by atoms with E-state index in [-0.39, 0.29) is 12.3 Å². The summed E-state index contributed by atoms with van der Waals surface area (Å²) in [4.78, 5) is 23.1. The van der Waals surface area contributed by atoms with E-state index in [1.54, 1.807) is 20.8 Å². The van der Waals surface area contributed by atoms with Crippen molar-refractivity contribution in [2.75, 3.05) is 0 Å². The first kappa shape index (κ1) is 15.7. The highest BCUT2D eigenvalue weighted by Gasteiger charge is 2.32. The molecule has 0 fully saturated rings. The van der Waals surface area contributed by atoms with Crippen LogP contribution < -0.4 is 5.32 Å². The van der Waals surface area contributed by atoms with Crippen molar-refractivity contribution >= 4 is 27.8 Å². The van der Waals surface area contributed by atoms with Gasteiger partial charge in [-0.05, 0) is 23.1 Å². The Morgan fingerprint density at radius 3 is 2.47 bits per heavy atom. The number of carbonyl (C=O) groups excluding carboxylic acids is 1. The van der Waals surface area contributed by atoms with Crippen LogP contribution in [0.15, 0.2) is 28.7 Å². The Balaban J connectivity index is 2.71. The molecule has 0 unspecified atom stereocenters. The van der Waals surface area contributed by atoms with Crippen molar-refractivity contribution in [3.05, 3.63) is 34.3 Å². The molecule has 0 aliphatic heterocycles. The number of amides is 1. The Morgan fingerprint density at radius 1 is 1.37 bits per heavy atom. The molecule has 0 aromatic heterocycles. The Bertz CT molecular complexity index is 480. The van der Waals surface area contributed by atoms with Gasteiger partial charge in [-0.1, -0.05) is 48.8 Å². The summed E-state index contributed by atoms with van der Waals surface area (Å²) in [5.41, 5.74) is 0.309. The lowest BCUT2D eigenvalue weighted by molar-refractivity contribution is -0.144. The molecule has 0 aliphatic carbocycles. The molecular weight excluding hydrogens is 310 g/mol. The zero-order chi connectivity index (χ0) is 14.6. The zero-order valence-corrected chi connectivity index (χ0v) is 12.8. The van der Waals surface area contributed by atoms with Crippen LogP contribution in [-0.4, -0.2) is 23.0 Å². The fourth-order valence-corrected chi connectivity index (χ4v) is 2.14. The highest BCUT2D eigenvalue weighted by molar-refractivity contribution is 9.10. The van der Waals surface area contributed by atoms with Gasteiger partial charge in [0.1, 0.15) is 6.04 Å². The van der Waals surface area contributed by atoms with Gasteiger partial charge in [-0.3, -0.25) is 4.79 Å². The number of rotatable bonds is 4. The number of halogens is 1. The lowest BCUT2D eigenvalue weighted by atomic mass is 9.86. The molecule has 0 bridgehead atoms. The molecule has 0 aliphatic rings. The molecule has 1 rings (SSSR count). The number of hydrogen-bond acceptors (Lipinski definition) is 2. The highest BCUT2D eigenvalue weighted by Crippen LogP contribution is 2.19. The van der Waals surface area contributed by atoms with Crippen LogP contribution in [0.5, 0.6) is 0 Å². The topological polar surface area (TPSA) is 66.4 Å². The maximum absolute atomic E-state index is 11.9. The fraction of sp³-hybridized carbons (Fsp3) is 0.429. The minimum Gasteiger partial charge on any atom is -0.480 e. The molecule has 0 heterocycles. The third kappa shape index (κ3) is 5.03. The summed E-state index contributed by atoms with van der Waals surface area (Å²) in [5, 5.41) is 11.7. The number of carbonyl (C=O) groups is 2. The average Bonchev–Trinajstić information content (AvgIpc) is 2.24. The van der Waals surface area contributed by atoms with E-state index in [2.05, 4.69) is 21.2 Å². The summed E-state index contributed by atoms with van der Waals surface area (Å²) in [6.45, 7) is 5.35. The van der Waals surface area contributed by atoms with Crippen molar-refractivity contribution in [1.29, 1.82) is 0 Å². The largest absolute Gasteiger partial charge is 0.480 e. The normalized spacial score (nSPS) is 12.8. The van der Waals surface area contributed by atoms with Crippen LogP contribution in [-0.2, 0) is 16.0 Å². The number of aliphatic carboxylic acids is 1. The van der Waals surface area contributed by atoms with Crippen LogP contribution in [0.2, 0.25) is 0 Å². The maximum atomic E-state index is 11.9. The number of nitrogens with one attached hydrogen (secondary N) is 1. The first-order chi connectivity index (χ1) is 8.70. The SMILES string of the molecule is CC(C)(C)[C@@H](NC(=O)Cc1cccc(Br)c1)C(=O)O. The van der Waals surface area contributed by atoms with Crippen LogP contribution in [0, 0.1) is 5.41 Å². The minimum atomic E-state index is -1.02. The van der Waals surface area contributed by atoms with Gasteiger partial charge in [0.25, 0.3) is 0 Å². The van der Waals surface area contributed by atoms with E-state index in [9.17, 15) is 9.59 Å². The number of carboxylic acid groups (broad SMARTS) is 1. The molecule has 0 radical (unpaired) electrons. The maximum Gasteiger partial charge on any atom is 0.326 e. The van der Waals surface area contributed by atoms with Crippen molar-refractivity contribution in [3.8, 4) is 0 Å². The third-order valence-electron chi connectivity index (χ3n) is 2.67. The molecule has 0 spiro atoms. The monoisotopic (exact) mass is 327 g/mol. The minimum absolute atomic E-state index is 0.166. The second-order valence-electron chi connectivity index (χ2n) is 5.51. The van der Waals surface area contributed by atoms with E-state index >= 15 is 0 Å². The average molecular weight is 328 g/mol. The van der Waals surface area contributed by atoms with Gasteiger partial charge in [0, 0.05) is 4.47 Å². The summed E-state index contributed by atoms with van der Waals surface area (Å²) < 4.78 is 0.892. The van der Waals surface area contributed by atoms with Crippen molar-refractivity contribution in [3.63, 3.8) is 0 Å². The zero-order valence-electron chi connectivity index (χ0n) is 11.2. The molecule has 104 valence electrons. The van der Waals surface area contributed by atoms with Crippen LogP contribution in [0.1, 0.15) is 26.3 Å². The number of hydrogen-bond donors (Lipinski definition) is 2. The van der Waals surface area contributed by atoms with Gasteiger partial charge >= 0.3 is 5.97 Å². The first-order valence-corrected chi connectivity index (χ1v) is 6.76. The molecule has 1 aromatic rings. The predicted molar refractivity (Wildman–Crippen MR) is 76.9 cm³/mol. The lowest BCUT2D eigenvalue weighted by Crippen LogP contribution is -2.49.